The molecular formula is C15H20ClNO. The van der Waals surface area contributed by atoms with Gasteiger partial charge in [0.1, 0.15) is 0 Å². The van der Waals surface area contributed by atoms with Crippen molar-refractivity contribution in [3.05, 3.63) is 35.4 Å². The van der Waals surface area contributed by atoms with Crippen LogP contribution < -0.4 is 5.32 Å². The summed E-state index contributed by atoms with van der Waals surface area (Å²) in [4.78, 5) is 11.7. The summed E-state index contributed by atoms with van der Waals surface area (Å²) >= 11 is 5.88. The fourth-order valence-corrected chi connectivity index (χ4v) is 2.28. The number of hydrogen-bond acceptors (Lipinski definition) is 1. The largest absolute Gasteiger partial charge is 0.355 e. The van der Waals surface area contributed by atoms with E-state index >= 15 is 0 Å². The SMILES string of the molecule is Cc1ccc(CCC(=O)NCC2(CCl)CC2)cc1. The Labute approximate surface area is 114 Å². The van der Waals surface area contributed by atoms with E-state index in [0.29, 0.717) is 12.3 Å². The minimum Gasteiger partial charge on any atom is -0.355 e. The van der Waals surface area contributed by atoms with Gasteiger partial charge < -0.3 is 5.32 Å². The molecule has 1 amide bonds. The molecule has 1 aromatic rings. The number of halogens is 1. The number of carbonyl (C=O) groups excluding carboxylic acids is 1. The van der Waals surface area contributed by atoms with Crippen LogP contribution in [0.4, 0.5) is 0 Å². The summed E-state index contributed by atoms with van der Waals surface area (Å²) in [6.07, 6.45) is 3.66. The Hall–Kier alpha value is -1.02. The standard InChI is InChI=1S/C15H20ClNO/c1-12-2-4-13(5-3-12)6-7-14(18)17-11-15(10-16)8-9-15/h2-5H,6-11H2,1H3,(H,17,18). The van der Waals surface area contributed by atoms with Crippen molar-refractivity contribution in [3.63, 3.8) is 0 Å². The smallest absolute Gasteiger partial charge is 0.220 e. The average Bonchev–Trinajstić information content (AvgIpc) is 3.16. The molecule has 0 aromatic heterocycles. The molecule has 0 bridgehead atoms. The van der Waals surface area contributed by atoms with Crippen LogP contribution in [-0.2, 0) is 11.2 Å². The molecule has 18 heavy (non-hydrogen) atoms. The van der Waals surface area contributed by atoms with E-state index in [4.69, 9.17) is 11.6 Å². The maximum atomic E-state index is 11.7. The number of rotatable bonds is 6. The third-order valence-corrected chi connectivity index (χ3v) is 4.23. The van der Waals surface area contributed by atoms with Gasteiger partial charge in [-0.15, -0.1) is 11.6 Å². The Balaban J connectivity index is 1.70. The zero-order valence-corrected chi connectivity index (χ0v) is 11.6. The third-order valence-electron chi connectivity index (χ3n) is 3.66. The van der Waals surface area contributed by atoms with E-state index in [0.717, 1.165) is 25.8 Å². The van der Waals surface area contributed by atoms with Crippen LogP contribution in [0.1, 0.15) is 30.4 Å². The highest BCUT2D eigenvalue weighted by atomic mass is 35.5. The van der Waals surface area contributed by atoms with E-state index in [2.05, 4.69) is 36.5 Å². The molecule has 0 heterocycles. The van der Waals surface area contributed by atoms with Crippen LogP contribution in [0, 0.1) is 12.3 Å². The van der Waals surface area contributed by atoms with Gasteiger partial charge in [-0.3, -0.25) is 4.79 Å². The molecule has 2 nitrogen and oxygen atoms in total. The Morgan fingerprint density at radius 3 is 2.56 bits per heavy atom. The summed E-state index contributed by atoms with van der Waals surface area (Å²) < 4.78 is 0. The average molecular weight is 266 g/mol. The van der Waals surface area contributed by atoms with Crippen molar-refractivity contribution < 1.29 is 4.79 Å². The lowest BCUT2D eigenvalue weighted by Crippen LogP contribution is -2.31. The number of nitrogens with one attached hydrogen (secondary N) is 1. The molecule has 2 rings (SSSR count). The van der Waals surface area contributed by atoms with Crippen molar-refractivity contribution in [1.29, 1.82) is 0 Å². The molecule has 1 aromatic carbocycles. The van der Waals surface area contributed by atoms with Gasteiger partial charge >= 0.3 is 0 Å². The van der Waals surface area contributed by atoms with Crippen molar-refractivity contribution >= 4 is 17.5 Å². The molecule has 0 atom stereocenters. The van der Waals surface area contributed by atoms with E-state index in [1.54, 1.807) is 0 Å². The predicted molar refractivity (Wildman–Crippen MR) is 74.9 cm³/mol. The quantitative estimate of drug-likeness (QED) is 0.787. The molecule has 0 radical (unpaired) electrons. The van der Waals surface area contributed by atoms with Crippen molar-refractivity contribution in [2.45, 2.75) is 32.6 Å². The second-order valence-corrected chi connectivity index (χ2v) is 5.66. The van der Waals surface area contributed by atoms with Crippen LogP contribution >= 0.6 is 11.6 Å². The van der Waals surface area contributed by atoms with E-state index in [1.165, 1.54) is 11.1 Å². The third kappa shape index (κ3) is 3.74. The number of hydrogen-bond donors (Lipinski definition) is 1. The topological polar surface area (TPSA) is 29.1 Å². The van der Waals surface area contributed by atoms with Crippen LogP contribution in [0.25, 0.3) is 0 Å². The van der Waals surface area contributed by atoms with Gasteiger partial charge in [0.25, 0.3) is 0 Å². The summed E-state index contributed by atoms with van der Waals surface area (Å²) in [6.45, 7) is 2.81. The zero-order chi connectivity index (χ0) is 13.0. The van der Waals surface area contributed by atoms with Gasteiger partial charge in [-0.2, -0.15) is 0 Å². The minimum atomic E-state index is 0.131. The van der Waals surface area contributed by atoms with Gasteiger partial charge in [0.05, 0.1) is 0 Å². The van der Waals surface area contributed by atoms with Crippen molar-refractivity contribution in [2.24, 2.45) is 5.41 Å². The molecule has 1 aliphatic carbocycles. The van der Waals surface area contributed by atoms with Gasteiger partial charge in [-0.1, -0.05) is 29.8 Å². The fourth-order valence-electron chi connectivity index (χ4n) is 1.92. The van der Waals surface area contributed by atoms with E-state index in [1.807, 2.05) is 0 Å². The van der Waals surface area contributed by atoms with Crippen molar-refractivity contribution in [1.82, 2.24) is 5.32 Å². The normalized spacial score (nSPS) is 16.3. The maximum absolute atomic E-state index is 11.7. The first-order valence-corrected chi connectivity index (χ1v) is 7.05. The number of alkyl halides is 1. The second kappa shape index (κ2) is 5.75. The predicted octanol–water partition coefficient (Wildman–Crippen LogP) is 3.06. The summed E-state index contributed by atoms with van der Waals surface area (Å²) in [6, 6.07) is 8.34. The highest BCUT2D eigenvalue weighted by molar-refractivity contribution is 6.18. The molecule has 3 heteroatoms. The molecule has 98 valence electrons. The lowest BCUT2D eigenvalue weighted by Gasteiger charge is -2.12. The Kier molecular flexibility index (Phi) is 4.28. The second-order valence-electron chi connectivity index (χ2n) is 5.40. The van der Waals surface area contributed by atoms with Gasteiger partial charge in [0.15, 0.2) is 0 Å². The molecule has 1 aliphatic rings. The van der Waals surface area contributed by atoms with Crippen LogP contribution in [0.3, 0.4) is 0 Å². The maximum Gasteiger partial charge on any atom is 0.220 e. The van der Waals surface area contributed by atoms with E-state index in [-0.39, 0.29) is 11.3 Å². The lowest BCUT2D eigenvalue weighted by molar-refractivity contribution is -0.121. The van der Waals surface area contributed by atoms with E-state index in [9.17, 15) is 4.79 Å². The molecule has 1 fully saturated rings. The monoisotopic (exact) mass is 265 g/mol. The Morgan fingerprint density at radius 2 is 2.00 bits per heavy atom. The number of aryl methyl sites for hydroxylation is 2. The highest BCUT2D eigenvalue weighted by Crippen LogP contribution is 2.45. The fraction of sp³-hybridized carbons (Fsp3) is 0.533. The van der Waals surface area contributed by atoms with Gasteiger partial charge in [-0.25, -0.2) is 0 Å². The van der Waals surface area contributed by atoms with Crippen LogP contribution in [0.2, 0.25) is 0 Å². The molecule has 0 spiro atoms. The molecule has 1 saturated carbocycles. The molecule has 0 unspecified atom stereocenters. The first-order valence-electron chi connectivity index (χ1n) is 6.52. The first kappa shape index (κ1) is 13.4. The van der Waals surface area contributed by atoms with Gasteiger partial charge in [0.2, 0.25) is 5.91 Å². The number of benzene rings is 1. The lowest BCUT2D eigenvalue weighted by atomic mass is 10.1. The molecule has 0 saturated heterocycles. The molecular weight excluding hydrogens is 246 g/mol. The highest BCUT2D eigenvalue weighted by Gasteiger charge is 2.41. The summed E-state index contributed by atoms with van der Waals surface area (Å²) in [5, 5.41) is 2.99. The Bertz CT molecular complexity index is 409. The summed E-state index contributed by atoms with van der Waals surface area (Å²) in [5.74, 6) is 0.789. The van der Waals surface area contributed by atoms with Crippen LogP contribution in [0.15, 0.2) is 24.3 Å². The Morgan fingerprint density at radius 1 is 1.33 bits per heavy atom. The van der Waals surface area contributed by atoms with Gasteiger partial charge in [-0.05, 0) is 31.7 Å². The van der Waals surface area contributed by atoms with Crippen molar-refractivity contribution in [2.75, 3.05) is 12.4 Å². The molecule has 0 aliphatic heterocycles. The summed E-state index contributed by atoms with van der Waals surface area (Å²) in [7, 11) is 0. The number of amides is 1. The van der Waals surface area contributed by atoms with Crippen LogP contribution in [-0.4, -0.2) is 18.3 Å². The summed E-state index contributed by atoms with van der Waals surface area (Å²) in [5.41, 5.74) is 2.68. The first-order chi connectivity index (χ1) is 8.63. The van der Waals surface area contributed by atoms with Gasteiger partial charge in [0, 0.05) is 24.3 Å². The number of carbonyl (C=O) groups is 1. The zero-order valence-electron chi connectivity index (χ0n) is 10.8. The minimum absolute atomic E-state index is 0.131. The van der Waals surface area contributed by atoms with E-state index < -0.39 is 0 Å². The molecule has 1 N–H and O–H groups in total. The van der Waals surface area contributed by atoms with Crippen molar-refractivity contribution in [3.8, 4) is 0 Å². The van der Waals surface area contributed by atoms with Crippen LogP contribution in [0.5, 0.6) is 0 Å².